The first-order chi connectivity index (χ1) is 14.6. The molecule has 1 aromatic carbocycles. The average Bonchev–Trinajstić information content (AvgIpc) is 3.41. The van der Waals surface area contributed by atoms with E-state index in [0.717, 1.165) is 22.3 Å². The monoisotopic (exact) mass is 440 g/mol. The number of hydrogen-bond donors (Lipinski definition) is 1. The second-order valence-corrected chi connectivity index (χ2v) is 10.2. The lowest BCUT2D eigenvalue weighted by molar-refractivity contribution is -0.121. The van der Waals surface area contributed by atoms with Gasteiger partial charge >= 0.3 is 0 Å². The number of thioether (sulfide) groups is 1. The highest BCUT2D eigenvalue weighted by molar-refractivity contribution is 8.00. The van der Waals surface area contributed by atoms with Crippen molar-refractivity contribution >= 4 is 29.0 Å². The Morgan fingerprint density at radius 1 is 1.20 bits per heavy atom. The van der Waals surface area contributed by atoms with Gasteiger partial charge in [-0.2, -0.15) is 0 Å². The van der Waals surface area contributed by atoms with E-state index in [1.807, 2.05) is 36.6 Å². The first-order valence-corrected chi connectivity index (χ1v) is 12.4. The van der Waals surface area contributed by atoms with Gasteiger partial charge in [-0.1, -0.05) is 67.9 Å². The predicted molar refractivity (Wildman–Crippen MR) is 124 cm³/mol. The van der Waals surface area contributed by atoms with Crippen LogP contribution in [-0.4, -0.2) is 32.0 Å². The zero-order valence-corrected chi connectivity index (χ0v) is 19.1. The van der Waals surface area contributed by atoms with Gasteiger partial charge in [0.25, 0.3) is 0 Å². The molecule has 0 bridgehead atoms. The van der Waals surface area contributed by atoms with E-state index in [4.69, 9.17) is 0 Å². The number of carbonyl (C=O) groups excluding carboxylic acids is 1. The van der Waals surface area contributed by atoms with E-state index in [0.29, 0.717) is 12.5 Å². The minimum Gasteiger partial charge on any atom is -0.352 e. The van der Waals surface area contributed by atoms with Crippen LogP contribution < -0.4 is 5.32 Å². The van der Waals surface area contributed by atoms with Gasteiger partial charge in [0.2, 0.25) is 5.91 Å². The molecule has 1 aliphatic rings. The van der Waals surface area contributed by atoms with Crippen molar-refractivity contribution in [1.29, 1.82) is 0 Å². The molecule has 2 aromatic heterocycles. The molecular formula is C23H28N4OS2. The van der Waals surface area contributed by atoms with Gasteiger partial charge in [0, 0.05) is 6.04 Å². The molecule has 1 aliphatic carbocycles. The zero-order valence-electron chi connectivity index (χ0n) is 17.5. The normalized spacial score (nSPS) is 20.1. The maximum Gasteiger partial charge on any atom is 0.233 e. The highest BCUT2D eigenvalue weighted by Gasteiger charge is 2.26. The van der Waals surface area contributed by atoms with Crippen LogP contribution in [0.4, 0.5) is 0 Å². The molecule has 3 unspecified atom stereocenters. The van der Waals surface area contributed by atoms with Crippen LogP contribution in [0.5, 0.6) is 0 Å². The standard InChI is InChI=1S/C23H28N4OS2/c1-16-9-6-7-12-19(16)24-22(28)17(2)30-23-26-25-21(20-13-8-14-29-20)27(23)15-18-10-4-3-5-11-18/h3-5,8,10-11,13-14,16-17,19H,6-7,9,12,15H2,1-2H3,(H,24,28). The van der Waals surface area contributed by atoms with Crippen LogP contribution in [0.15, 0.2) is 53.0 Å². The van der Waals surface area contributed by atoms with Gasteiger partial charge in [-0.05, 0) is 42.7 Å². The Morgan fingerprint density at radius 3 is 2.73 bits per heavy atom. The van der Waals surface area contributed by atoms with Crippen molar-refractivity contribution < 1.29 is 4.79 Å². The summed E-state index contributed by atoms with van der Waals surface area (Å²) >= 11 is 3.14. The van der Waals surface area contributed by atoms with Gasteiger partial charge < -0.3 is 5.32 Å². The molecule has 30 heavy (non-hydrogen) atoms. The lowest BCUT2D eigenvalue weighted by Crippen LogP contribution is -2.44. The second-order valence-electron chi connectivity index (χ2n) is 7.99. The van der Waals surface area contributed by atoms with E-state index in [9.17, 15) is 4.79 Å². The first-order valence-electron chi connectivity index (χ1n) is 10.6. The maximum atomic E-state index is 12.9. The van der Waals surface area contributed by atoms with Gasteiger partial charge in [-0.3, -0.25) is 9.36 Å². The molecule has 0 aliphatic heterocycles. The van der Waals surface area contributed by atoms with Gasteiger partial charge in [-0.15, -0.1) is 21.5 Å². The van der Waals surface area contributed by atoms with Crippen LogP contribution in [0.25, 0.3) is 10.7 Å². The van der Waals surface area contributed by atoms with E-state index in [-0.39, 0.29) is 17.2 Å². The largest absolute Gasteiger partial charge is 0.352 e. The summed E-state index contributed by atoms with van der Waals surface area (Å²) in [6.45, 7) is 4.88. The summed E-state index contributed by atoms with van der Waals surface area (Å²) in [6.07, 6.45) is 4.75. The Bertz CT molecular complexity index is 955. The van der Waals surface area contributed by atoms with Crippen LogP contribution >= 0.6 is 23.1 Å². The molecule has 3 atom stereocenters. The second kappa shape index (κ2) is 9.79. The number of benzene rings is 1. The lowest BCUT2D eigenvalue weighted by Gasteiger charge is -2.30. The molecule has 158 valence electrons. The van der Waals surface area contributed by atoms with Gasteiger partial charge in [-0.25, -0.2) is 0 Å². The number of aromatic nitrogens is 3. The first kappa shape index (κ1) is 21.1. The highest BCUT2D eigenvalue weighted by atomic mass is 32.2. The number of hydrogen-bond acceptors (Lipinski definition) is 5. The van der Waals surface area contributed by atoms with Crippen molar-refractivity contribution in [3.63, 3.8) is 0 Å². The number of rotatable bonds is 7. The molecule has 4 rings (SSSR count). The number of amides is 1. The molecule has 0 spiro atoms. The summed E-state index contributed by atoms with van der Waals surface area (Å²) in [5, 5.41) is 14.8. The highest BCUT2D eigenvalue weighted by Crippen LogP contribution is 2.30. The number of nitrogens with zero attached hydrogens (tertiary/aromatic N) is 3. The maximum absolute atomic E-state index is 12.9. The van der Waals surface area contributed by atoms with E-state index in [2.05, 4.69) is 45.2 Å². The van der Waals surface area contributed by atoms with Crippen molar-refractivity contribution in [1.82, 2.24) is 20.1 Å². The molecule has 1 amide bonds. The quantitative estimate of drug-likeness (QED) is 0.511. The summed E-state index contributed by atoms with van der Waals surface area (Å²) in [5.74, 6) is 1.49. The minimum atomic E-state index is -0.228. The third kappa shape index (κ3) is 4.95. The molecule has 7 heteroatoms. The summed E-state index contributed by atoms with van der Waals surface area (Å²) < 4.78 is 2.12. The van der Waals surface area contributed by atoms with Crippen LogP contribution in [0.1, 0.15) is 45.1 Å². The van der Waals surface area contributed by atoms with Gasteiger partial charge in [0.05, 0.1) is 16.7 Å². The van der Waals surface area contributed by atoms with E-state index >= 15 is 0 Å². The SMILES string of the molecule is CC(Sc1nnc(-c2cccs2)n1Cc1ccccc1)C(=O)NC1CCCCC1C. The number of thiophene rings is 1. The van der Waals surface area contributed by atoms with Crippen molar-refractivity contribution in [2.24, 2.45) is 5.92 Å². The average molecular weight is 441 g/mol. The fourth-order valence-electron chi connectivity index (χ4n) is 3.91. The Morgan fingerprint density at radius 2 is 2.00 bits per heavy atom. The van der Waals surface area contributed by atoms with Crippen LogP contribution in [0.3, 0.4) is 0 Å². The van der Waals surface area contributed by atoms with Crippen molar-refractivity contribution in [2.45, 2.75) is 62.5 Å². The Hall–Kier alpha value is -2.12. The van der Waals surface area contributed by atoms with Gasteiger partial charge in [0.1, 0.15) is 0 Å². The fraction of sp³-hybridized carbons (Fsp3) is 0.435. The van der Waals surface area contributed by atoms with Crippen LogP contribution in [0, 0.1) is 5.92 Å². The fourth-order valence-corrected chi connectivity index (χ4v) is 5.49. The minimum absolute atomic E-state index is 0.0886. The summed E-state index contributed by atoms with van der Waals surface area (Å²) in [6, 6.07) is 14.7. The van der Waals surface area contributed by atoms with Crippen LogP contribution in [-0.2, 0) is 11.3 Å². The third-order valence-corrected chi connectivity index (χ3v) is 7.68. The number of carbonyl (C=O) groups is 1. The van der Waals surface area contributed by atoms with Crippen molar-refractivity contribution in [3.8, 4) is 10.7 Å². The Kier molecular flexibility index (Phi) is 6.89. The number of nitrogens with one attached hydrogen (secondary N) is 1. The molecule has 1 fully saturated rings. The third-order valence-electron chi connectivity index (χ3n) is 5.73. The zero-order chi connectivity index (χ0) is 20.9. The topological polar surface area (TPSA) is 59.8 Å². The Labute approximate surface area is 186 Å². The molecule has 0 saturated heterocycles. The predicted octanol–water partition coefficient (Wildman–Crippen LogP) is 5.23. The van der Waals surface area contributed by atoms with E-state index in [1.54, 1.807) is 11.3 Å². The molecule has 1 saturated carbocycles. The van der Waals surface area contributed by atoms with E-state index < -0.39 is 0 Å². The Balaban J connectivity index is 1.52. The molecular weight excluding hydrogens is 412 g/mol. The molecule has 1 N–H and O–H groups in total. The van der Waals surface area contributed by atoms with E-state index in [1.165, 1.54) is 36.6 Å². The molecule has 3 aromatic rings. The molecule has 0 radical (unpaired) electrons. The summed E-state index contributed by atoms with van der Waals surface area (Å²) in [5.41, 5.74) is 1.19. The lowest BCUT2D eigenvalue weighted by atomic mass is 9.86. The van der Waals surface area contributed by atoms with Crippen LogP contribution in [0.2, 0.25) is 0 Å². The smallest absolute Gasteiger partial charge is 0.233 e. The van der Waals surface area contributed by atoms with Crippen molar-refractivity contribution in [3.05, 3.63) is 53.4 Å². The molecule has 5 nitrogen and oxygen atoms in total. The van der Waals surface area contributed by atoms with Crippen molar-refractivity contribution in [2.75, 3.05) is 0 Å². The summed E-state index contributed by atoms with van der Waals surface area (Å²) in [4.78, 5) is 14.0. The molecule has 2 heterocycles. The summed E-state index contributed by atoms with van der Waals surface area (Å²) in [7, 11) is 0. The van der Waals surface area contributed by atoms with Gasteiger partial charge in [0.15, 0.2) is 11.0 Å².